The molecule has 0 aliphatic rings. The van der Waals surface area contributed by atoms with E-state index in [1.807, 2.05) is 12.1 Å². The molecule has 7 nitrogen and oxygen atoms in total. The topological polar surface area (TPSA) is 70.4 Å². The lowest BCUT2D eigenvalue weighted by molar-refractivity contribution is 0.238. The van der Waals surface area contributed by atoms with Crippen molar-refractivity contribution in [2.75, 3.05) is 20.6 Å². The molecule has 2 N–H and O–H groups in total. The van der Waals surface area contributed by atoms with E-state index in [1.54, 1.807) is 18.1 Å². The number of hydrogen-bond acceptors (Lipinski definition) is 4. The molecule has 1 unspecified atom stereocenters. The SMILES string of the molecule is CN=C(NCCC(C)N(C)Cc1ccccc1)NCc1ccc(-n2cncn2)cc1.I. The minimum Gasteiger partial charge on any atom is -0.356 e. The van der Waals surface area contributed by atoms with Crippen LogP contribution < -0.4 is 10.6 Å². The van der Waals surface area contributed by atoms with Gasteiger partial charge in [0.25, 0.3) is 0 Å². The summed E-state index contributed by atoms with van der Waals surface area (Å²) in [5.74, 6) is 0.813. The van der Waals surface area contributed by atoms with Gasteiger partial charge in [-0.05, 0) is 43.7 Å². The minimum atomic E-state index is 0. The first-order valence-corrected chi connectivity index (χ1v) is 10.3. The predicted molar refractivity (Wildman–Crippen MR) is 137 cm³/mol. The maximum Gasteiger partial charge on any atom is 0.191 e. The van der Waals surface area contributed by atoms with E-state index < -0.39 is 0 Å². The molecule has 166 valence electrons. The van der Waals surface area contributed by atoms with E-state index >= 15 is 0 Å². The van der Waals surface area contributed by atoms with Crippen molar-refractivity contribution in [1.82, 2.24) is 30.3 Å². The molecule has 0 radical (unpaired) electrons. The molecule has 0 aliphatic heterocycles. The third kappa shape index (κ3) is 7.95. The summed E-state index contributed by atoms with van der Waals surface area (Å²) in [5.41, 5.74) is 3.51. The van der Waals surface area contributed by atoms with Crippen LogP contribution in [0.3, 0.4) is 0 Å². The van der Waals surface area contributed by atoms with Gasteiger partial charge in [-0.1, -0.05) is 42.5 Å². The molecule has 1 aromatic heterocycles. The largest absolute Gasteiger partial charge is 0.356 e. The zero-order chi connectivity index (χ0) is 21.2. The molecule has 0 fully saturated rings. The minimum absolute atomic E-state index is 0. The summed E-state index contributed by atoms with van der Waals surface area (Å²) in [6.45, 7) is 4.79. The van der Waals surface area contributed by atoms with Crippen molar-refractivity contribution in [1.29, 1.82) is 0 Å². The van der Waals surface area contributed by atoms with Crippen LogP contribution in [0.15, 0.2) is 72.2 Å². The van der Waals surface area contributed by atoms with Gasteiger partial charge in [0.1, 0.15) is 12.7 Å². The van der Waals surface area contributed by atoms with E-state index in [2.05, 4.69) is 87.0 Å². The van der Waals surface area contributed by atoms with Crippen molar-refractivity contribution in [3.05, 3.63) is 78.4 Å². The number of nitrogens with zero attached hydrogens (tertiary/aromatic N) is 5. The second-order valence-corrected chi connectivity index (χ2v) is 7.40. The van der Waals surface area contributed by atoms with Crippen LogP contribution in [0.1, 0.15) is 24.5 Å². The molecular formula is C23H32IN7. The van der Waals surface area contributed by atoms with Crippen LogP contribution in [0.25, 0.3) is 5.69 Å². The molecule has 3 rings (SSSR count). The zero-order valence-electron chi connectivity index (χ0n) is 18.4. The fraction of sp³-hybridized carbons (Fsp3) is 0.348. The number of hydrogen-bond donors (Lipinski definition) is 2. The van der Waals surface area contributed by atoms with Crippen LogP contribution in [0.2, 0.25) is 0 Å². The van der Waals surface area contributed by atoms with Crippen molar-refractivity contribution in [3.63, 3.8) is 0 Å². The van der Waals surface area contributed by atoms with Gasteiger partial charge >= 0.3 is 0 Å². The molecule has 0 spiro atoms. The fourth-order valence-corrected chi connectivity index (χ4v) is 3.16. The smallest absolute Gasteiger partial charge is 0.191 e. The van der Waals surface area contributed by atoms with E-state index in [9.17, 15) is 0 Å². The highest BCUT2D eigenvalue weighted by atomic mass is 127. The maximum atomic E-state index is 4.33. The van der Waals surface area contributed by atoms with E-state index in [-0.39, 0.29) is 24.0 Å². The molecule has 1 heterocycles. The lowest BCUT2D eigenvalue weighted by Crippen LogP contribution is -2.39. The van der Waals surface area contributed by atoms with Crippen molar-refractivity contribution < 1.29 is 0 Å². The van der Waals surface area contributed by atoms with Gasteiger partial charge in [0, 0.05) is 32.7 Å². The van der Waals surface area contributed by atoms with Gasteiger partial charge in [0.15, 0.2) is 5.96 Å². The Hall–Kier alpha value is -2.46. The lowest BCUT2D eigenvalue weighted by atomic mass is 10.1. The summed E-state index contributed by atoms with van der Waals surface area (Å²) in [4.78, 5) is 10.7. The van der Waals surface area contributed by atoms with Crippen molar-refractivity contribution in [2.45, 2.75) is 32.5 Å². The summed E-state index contributed by atoms with van der Waals surface area (Å²) < 4.78 is 1.74. The van der Waals surface area contributed by atoms with Crippen LogP contribution in [0, 0.1) is 0 Å². The Morgan fingerprint density at radius 1 is 1.06 bits per heavy atom. The Bertz CT molecular complexity index is 895. The van der Waals surface area contributed by atoms with Crippen LogP contribution in [-0.2, 0) is 13.1 Å². The highest BCUT2D eigenvalue weighted by Gasteiger charge is 2.10. The molecule has 0 amide bonds. The first kappa shape index (κ1) is 24.8. The number of guanidine groups is 1. The Morgan fingerprint density at radius 3 is 2.45 bits per heavy atom. The van der Waals surface area contributed by atoms with Gasteiger partial charge in [-0.2, -0.15) is 5.10 Å². The lowest BCUT2D eigenvalue weighted by Gasteiger charge is -2.25. The van der Waals surface area contributed by atoms with E-state index in [4.69, 9.17) is 0 Å². The van der Waals surface area contributed by atoms with Crippen LogP contribution >= 0.6 is 24.0 Å². The standard InChI is InChI=1S/C23H31N7.HI/c1-19(29(3)16-21-7-5-4-6-8-21)13-14-26-23(24-2)27-15-20-9-11-22(12-10-20)30-18-25-17-28-30;/h4-12,17-19H,13-16H2,1-3H3,(H2,24,26,27);1H. The molecule has 2 aromatic carbocycles. The monoisotopic (exact) mass is 533 g/mol. The summed E-state index contributed by atoms with van der Waals surface area (Å²) in [5, 5.41) is 10.9. The van der Waals surface area contributed by atoms with Gasteiger partial charge < -0.3 is 10.6 Å². The number of rotatable bonds is 9. The van der Waals surface area contributed by atoms with Crippen molar-refractivity contribution in [2.24, 2.45) is 4.99 Å². The third-order valence-electron chi connectivity index (χ3n) is 5.18. The third-order valence-corrected chi connectivity index (χ3v) is 5.18. The van der Waals surface area contributed by atoms with E-state index in [0.717, 1.165) is 31.2 Å². The number of halogens is 1. The molecule has 0 bridgehead atoms. The molecule has 1 atom stereocenters. The van der Waals surface area contributed by atoms with Gasteiger partial charge in [-0.25, -0.2) is 9.67 Å². The quantitative estimate of drug-likeness (QED) is 0.251. The molecule has 3 aromatic rings. The van der Waals surface area contributed by atoms with E-state index in [1.165, 1.54) is 17.5 Å². The Kier molecular flexibility index (Phi) is 10.5. The predicted octanol–water partition coefficient (Wildman–Crippen LogP) is 3.46. The van der Waals surface area contributed by atoms with E-state index in [0.29, 0.717) is 12.6 Å². The van der Waals surface area contributed by atoms with Crippen LogP contribution in [0.4, 0.5) is 0 Å². The highest BCUT2D eigenvalue weighted by molar-refractivity contribution is 14.0. The van der Waals surface area contributed by atoms with Gasteiger partial charge in [0.2, 0.25) is 0 Å². The Labute approximate surface area is 202 Å². The zero-order valence-corrected chi connectivity index (χ0v) is 20.7. The average molecular weight is 533 g/mol. The Balaban J connectivity index is 0.00000341. The fourth-order valence-electron chi connectivity index (χ4n) is 3.16. The molecule has 0 saturated heterocycles. The first-order valence-electron chi connectivity index (χ1n) is 10.3. The summed E-state index contributed by atoms with van der Waals surface area (Å²) in [6, 6.07) is 19.3. The molecular weight excluding hydrogens is 501 g/mol. The Morgan fingerprint density at radius 2 is 1.81 bits per heavy atom. The molecule has 0 aliphatic carbocycles. The first-order chi connectivity index (χ1) is 14.7. The normalized spacial score (nSPS) is 12.3. The van der Waals surface area contributed by atoms with Gasteiger partial charge in [0.05, 0.1) is 5.69 Å². The second kappa shape index (κ2) is 13.1. The highest BCUT2D eigenvalue weighted by Crippen LogP contribution is 2.09. The van der Waals surface area contributed by atoms with Crippen molar-refractivity contribution >= 4 is 29.9 Å². The average Bonchev–Trinajstić information content (AvgIpc) is 3.32. The number of nitrogens with one attached hydrogen (secondary N) is 2. The van der Waals surface area contributed by atoms with Gasteiger partial charge in [-0.15, -0.1) is 24.0 Å². The number of aromatic nitrogens is 3. The number of benzene rings is 2. The second-order valence-electron chi connectivity index (χ2n) is 7.40. The molecule has 8 heteroatoms. The number of aliphatic imine (C=N–C) groups is 1. The maximum absolute atomic E-state index is 4.33. The van der Waals surface area contributed by atoms with Gasteiger partial charge in [-0.3, -0.25) is 9.89 Å². The van der Waals surface area contributed by atoms with Crippen LogP contribution in [0.5, 0.6) is 0 Å². The summed E-state index contributed by atoms with van der Waals surface area (Å²) >= 11 is 0. The molecule has 31 heavy (non-hydrogen) atoms. The molecule has 0 saturated carbocycles. The van der Waals surface area contributed by atoms with Crippen molar-refractivity contribution in [3.8, 4) is 5.69 Å². The van der Waals surface area contributed by atoms with Crippen LogP contribution in [-0.4, -0.2) is 52.3 Å². The summed E-state index contributed by atoms with van der Waals surface area (Å²) in [6.07, 6.45) is 4.26. The summed E-state index contributed by atoms with van der Waals surface area (Å²) in [7, 11) is 3.97.